The number of hydrogen-bond acceptors (Lipinski definition) is 4. The van der Waals surface area contributed by atoms with Crippen molar-refractivity contribution in [1.82, 2.24) is 14.8 Å². The molecular formula is C10H16N4OS. The summed E-state index contributed by atoms with van der Waals surface area (Å²) in [5, 5.41) is 8.88. The third-order valence-electron chi connectivity index (χ3n) is 2.69. The number of aromatic nitrogens is 3. The van der Waals surface area contributed by atoms with Gasteiger partial charge in [0, 0.05) is 12.5 Å². The Morgan fingerprint density at radius 2 is 2.31 bits per heavy atom. The second kappa shape index (κ2) is 4.45. The quantitative estimate of drug-likeness (QED) is 0.783. The van der Waals surface area contributed by atoms with Gasteiger partial charge in [-0.2, -0.15) is 0 Å². The van der Waals surface area contributed by atoms with Gasteiger partial charge < -0.3 is 10.3 Å². The lowest BCUT2D eigenvalue weighted by molar-refractivity contribution is -0.117. The molecule has 1 aromatic heterocycles. The van der Waals surface area contributed by atoms with E-state index in [2.05, 4.69) is 21.7 Å². The van der Waals surface area contributed by atoms with Crippen LogP contribution in [0.3, 0.4) is 0 Å². The first-order valence-corrected chi connectivity index (χ1v) is 6.40. The number of carbonyl (C=O) groups is 1. The predicted octanol–water partition coefficient (Wildman–Crippen LogP) is 1.14. The van der Waals surface area contributed by atoms with E-state index in [9.17, 15) is 4.79 Å². The molecule has 0 unspecified atom stereocenters. The van der Waals surface area contributed by atoms with E-state index in [0.717, 1.165) is 17.5 Å². The van der Waals surface area contributed by atoms with Crippen LogP contribution in [0, 0.1) is 0 Å². The Morgan fingerprint density at radius 3 is 2.81 bits per heavy atom. The molecular weight excluding hydrogens is 224 g/mol. The van der Waals surface area contributed by atoms with Crippen LogP contribution in [0.25, 0.3) is 0 Å². The molecule has 1 aliphatic rings. The summed E-state index contributed by atoms with van der Waals surface area (Å²) in [5.41, 5.74) is 5.24. The topological polar surface area (TPSA) is 73.8 Å². The predicted molar refractivity (Wildman–Crippen MR) is 62.2 cm³/mol. The summed E-state index contributed by atoms with van der Waals surface area (Å²) in [5.74, 6) is 1.32. The first-order valence-electron chi connectivity index (χ1n) is 5.52. The van der Waals surface area contributed by atoms with E-state index in [4.69, 9.17) is 5.73 Å². The molecule has 1 saturated carbocycles. The Morgan fingerprint density at radius 1 is 1.62 bits per heavy atom. The number of primary amides is 1. The van der Waals surface area contributed by atoms with Gasteiger partial charge in [0.25, 0.3) is 0 Å². The maximum atomic E-state index is 11.0. The van der Waals surface area contributed by atoms with Crippen LogP contribution < -0.4 is 5.73 Å². The van der Waals surface area contributed by atoms with Crippen LogP contribution in [0.2, 0.25) is 0 Å². The minimum absolute atomic E-state index is 0.262. The fourth-order valence-corrected chi connectivity index (χ4v) is 2.41. The Hall–Kier alpha value is -1.04. The van der Waals surface area contributed by atoms with Gasteiger partial charge in [-0.15, -0.1) is 10.2 Å². The van der Waals surface area contributed by atoms with Crippen LogP contribution in [0.5, 0.6) is 0 Å². The number of rotatable bonds is 5. The minimum Gasteiger partial charge on any atom is -0.369 e. The zero-order chi connectivity index (χ0) is 11.7. The van der Waals surface area contributed by atoms with Crippen molar-refractivity contribution in [3.8, 4) is 0 Å². The fraction of sp³-hybridized carbons (Fsp3) is 0.700. The summed E-state index contributed by atoms with van der Waals surface area (Å²) in [6, 6.07) is 0. The Kier molecular flexibility index (Phi) is 3.18. The lowest BCUT2D eigenvalue weighted by Crippen LogP contribution is -2.23. The molecule has 2 N–H and O–H groups in total. The van der Waals surface area contributed by atoms with E-state index in [0.29, 0.717) is 5.92 Å². The van der Waals surface area contributed by atoms with Crippen LogP contribution in [0.15, 0.2) is 5.16 Å². The third kappa shape index (κ3) is 2.21. The number of carbonyl (C=O) groups excluding carboxylic acids is 1. The third-order valence-corrected chi connectivity index (χ3v) is 3.79. The highest BCUT2D eigenvalue weighted by molar-refractivity contribution is 8.00. The van der Waals surface area contributed by atoms with Gasteiger partial charge in [0.15, 0.2) is 5.16 Å². The normalized spacial score (nSPS) is 17.4. The van der Waals surface area contributed by atoms with Crippen molar-refractivity contribution in [2.75, 3.05) is 0 Å². The number of nitrogens with two attached hydrogens (primary N) is 1. The number of hydrogen-bond donors (Lipinski definition) is 1. The van der Waals surface area contributed by atoms with Gasteiger partial charge >= 0.3 is 0 Å². The standard InChI is InChI=1S/C10H16N4OS/c1-3-14-9(7-4-5-7)12-13-10(14)16-6(2)8(11)15/h6-7H,3-5H2,1-2H3,(H2,11,15)/t6-/m1/s1. The Balaban J connectivity index is 2.17. The number of nitrogens with zero attached hydrogens (tertiary/aromatic N) is 3. The maximum Gasteiger partial charge on any atom is 0.230 e. The van der Waals surface area contributed by atoms with Crippen molar-refractivity contribution >= 4 is 17.7 Å². The molecule has 1 fully saturated rings. The minimum atomic E-state index is -0.316. The summed E-state index contributed by atoms with van der Waals surface area (Å²) in [4.78, 5) is 11.0. The molecule has 0 bridgehead atoms. The highest BCUT2D eigenvalue weighted by atomic mass is 32.2. The molecule has 16 heavy (non-hydrogen) atoms. The second-order valence-corrected chi connectivity index (χ2v) is 5.33. The molecule has 0 radical (unpaired) electrons. The molecule has 1 heterocycles. The molecule has 1 amide bonds. The van der Waals surface area contributed by atoms with Crippen LogP contribution in [0.1, 0.15) is 38.4 Å². The summed E-state index contributed by atoms with van der Waals surface area (Å²) >= 11 is 1.38. The molecule has 0 aliphatic heterocycles. The SMILES string of the molecule is CCn1c(S[C@H](C)C(N)=O)nnc1C1CC1. The lowest BCUT2D eigenvalue weighted by atomic mass is 10.4. The second-order valence-electron chi connectivity index (χ2n) is 4.02. The van der Waals surface area contributed by atoms with Crippen molar-refractivity contribution in [2.24, 2.45) is 5.73 Å². The first-order chi connectivity index (χ1) is 7.63. The number of amides is 1. The molecule has 88 valence electrons. The molecule has 5 nitrogen and oxygen atoms in total. The fourth-order valence-electron chi connectivity index (χ4n) is 1.54. The molecule has 1 aliphatic carbocycles. The molecule has 1 aromatic rings. The van der Waals surface area contributed by atoms with Crippen molar-refractivity contribution < 1.29 is 4.79 Å². The average molecular weight is 240 g/mol. The van der Waals surface area contributed by atoms with Crippen LogP contribution >= 0.6 is 11.8 Å². The Bertz CT molecular complexity index is 400. The van der Waals surface area contributed by atoms with Crippen LogP contribution in [-0.2, 0) is 11.3 Å². The van der Waals surface area contributed by atoms with E-state index in [-0.39, 0.29) is 11.2 Å². The van der Waals surface area contributed by atoms with Crippen molar-refractivity contribution in [1.29, 1.82) is 0 Å². The molecule has 0 aromatic carbocycles. The summed E-state index contributed by atoms with van der Waals surface area (Å²) in [6.45, 7) is 4.69. The van der Waals surface area contributed by atoms with E-state index < -0.39 is 0 Å². The van der Waals surface area contributed by atoms with Crippen molar-refractivity contribution in [3.05, 3.63) is 5.82 Å². The van der Waals surface area contributed by atoms with Gasteiger partial charge in [0.2, 0.25) is 5.91 Å². The summed E-state index contributed by atoms with van der Waals surface area (Å²) < 4.78 is 2.09. The van der Waals surface area contributed by atoms with Gasteiger partial charge in [-0.1, -0.05) is 11.8 Å². The molecule has 1 atom stereocenters. The lowest BCUT2D eigenvalue weighted by Gasteiger charge is -2.08. The van der Waals surface area contributed by atoms with E-state index in [1.54, 1.807) is 6.92 Å². The smallest absolute Gasteiger partial charge is 0.230 e. The summed E-state index contributed by atoms with van der Waals surface area (Å²) in [7, 11) is 0. The molecule has 0 spiro atoms. The molecule has 0 saturated heterocycles. The molecule has 2 rings (SSSR count). The highest BCUT2D eigenvalue weighted by Crippen LogP contribution is 2.40. The highest BCUT2D eigenvalue weighted by Gasteiger charge is 2.30. The Labute approximate surface area is 98.8 Å². The zero-order valence-electron chi connectivity index (χ0n) is 9.51. The van der Waals surface area contributed by atoms with Crippen molar-refractivity contribution in [2.45, 2.75) is 49.6 Å². The van der Waals surface area contributed by atoms with Gasteiger partial charge in [0.1, 0.15) is 5.82 Å². The average Bonchev–Trinajstić information content (AvgIpc) is 3.01. The van der Waals surface area contributed by atoms with Gasteiger partial charge in [-0.05, 0) is 26.7 Å². The molecule has 6 heteroatoms. The van der Waals surface area contributed by atoms with Gasteiger partial charge in [0.05, 0.1) is 5.25 Å². The van der Waals surface area contributed by atoms with E-state index in [1.165, 1.54) is 24.6 Å². The van der Waals surface area contributed by atoms with Gasteiger partial charge in [-0.25, -0.2) is 0 Å². The van der Waals surface area contributed by atoms with E-state index in [1.807, 2.05) is 0 Å². The van der Waals surface area contributed by atoms with Crippen LogP contribution in [0.4, 0.5) is 0 Å². The van der Waals surface area contributed by atoms with Crippen LogP contribution in [-0.4, -0.2) is 25.9 Å². The number of thioether (sulfide) groups is 1. The zero-order valence-corrected chi connectivity index (χ0v) is 10.3. The summed E-state index contributed by atoms with van der Waals surface area (Å²) in [6.07, 6.45) is 2.41. The van der Waals surface area contributed by atoms with E-state index >= 15 is 0 Å². The monoisotopic (exact) mass is 240 g/mol. The maximum absolute atomic E-state index is 11.0. The van der Waals surface area contributed by atoms with Crippen molar-refractivity contribution in [3.63, 3.8) is 0 Å². The first kappa shape index (κ1) is 11.4. The largest absolute Gasteiger partial charge is 0.369 e. The van der Waals surface area contributed by atoms with Gasteiger partial charge in [-0.3, -0.25) is 4.79 Å².